The van der Waals surface area contributed by atoms with Gasteiger partial charge < -0.3 is 11.1 Å². The van der Waals surface area contributed by atoms with Gasteiger partial charge >= 0.3 is 0 Å². The molecule has 3 N–H and O–H groups in total. The highest BCUT2D eigenvalue weighted by molar-refractivity contribution is 9.10. The average molecular weight is 295 g/mol. The van der Waals surface area contributed by atoms with E-state index in [0.29, 0.717) is 12.6 Å². The normalized spacial score (nSPS) is 17.6. The Labute approximate surface area is 111 Å². The van der Waals surface area contributed by atoms with Crippen LogP contribution in [0.1, 0.15) is 30.0 Å². The number of rotatable bonds is 4. The van der Waals surface area contributed by atoms with Gasteiger partial charge in [-0.3, -0.25) is 0 Å². The van der Waals surface area contributed by atoms with Crippen LogP contribution in [0.25, 0.3) is 0 Å². The van der Waals surface area contributed by atoms with Crippen LogP contribution < -0.4 is 11.1 Å². The van der Waals surface area contributed by atoms with Crippen LogP contribution in [-0.4, -0.2) is 12.6 Å². The van der Waals surface area contributed by atoms with E-state index in [4.69, 9.17) is 5.73 Å². The highest BCUT2D eigenvalue weighted by atomic mass is 79.9. The summed E-state index contributed by atoms with van der Waals surface area (Å²) in [6, 6.07) is 7.25. The third kappa shape index (κ3) is 3.18. The van der Waals surface area contributed by atoms with E-state index in [0.717, 1.165) is 17.3 Å². The molecule has 1 aliphatic carbocycles. The van der Waals surface area contributed by atoms with E-state index < -0.39 is 0 Å². The monoisotopic (exact) mass is 294 g/mol. The fourth-order valence-corrected chi connectivity index (χ4v) is 2.47. The lowest BCUT2D eigenvalue weighted by molar-refractivity contribution is 0.453. The van der Waals surface area contributed by atoms with Gasteiger partial charge in [0.15, 0.2) is 0 Å². The number of hydrogen-bond acceptors (Lipinski definition) is 2. The molecule has 0 aromatic heterocycles. The second-order valence-electron chi connectivity index (χ2n) is 4.60. The van der Waals surface area contributed by atoms with Crippen LogP contribution in [0.4, 0.5) is 0 Å². The van der Waals surface area contributed by atoms with E-state index in [1.54, 1.807) is 0 Å². The molecule has 0 bridgehead atoms. The lowest BCUT2D eigenvalue weighted by Gasteiger charge is -2.22. The topological polar surface area (TPSA) is 38.0 Å². The Balaban J connectivity index is 2.08. The summed E-state index contributed by atoms with van der Waals surface area (Å²) in [4.78, 5) is 0. The second-order valence-corrected chi connectivity index (χ2v) is 5.46. The van der Waals surface area contributed by atoms with Crippen molar-refractivity contribution in [2.45, 2.75) is 31.8 Å². The third-order valence-electron chi connectivity index (χ3n) is 3.26. The molecule has 0 spiro atoms. The smallest absolute Gasteiger partial charge is 0.0446 e. The zero-order valence-corrected chi connectivity index (χ0v) is 11.7. The van der Waals surface area contributed by atoms with Crippen LogP contribution in [0.15, 0.2) is 34.8 Å². The molecule has 0 radical (unpaired) electrons. The number of nitrogens with one attached hydrogen (secondary N) is 1. The molecule has 0 saturated carbocycles. The van der Waals surface area contributed by atoms with Gasteiger partial charge in [-0.25, -0.2) is 0 Å². The van der Waals surface area contributed by atoms with Gasteiger partial charge in [0.05, 0.1) is 0 Å². The molecule has 1 atom stereocenters. The molecule has 1 aliphatic rings. The first-order valence-electron chi connectivity index (χ1n) is 6.08. The highest BCUT2D eigenvalue weighted by Crippen LogP contribution is 2.22. The molecule has 0 aliphatic heterocycles. The Morgan fingerprint density at radius 2 is 2.12 bits per heavy atom. The van der Waals surface area contributed by atoms with E-state index in [2.05, 4.69) is 58.5 Å². The van der Waals surface area contributed by atoms with Crippen molar-refractivity contribution in [1.29, 1.82) is 0 Å². The van der Waals surface area contributed by atoms with Crippen LogP contribution in [0.2, 0.25) is 0 Å². The van der Waals surface area contributed by atoms with Crippen molar-refractivity contribution < 1.29 is 0 Å². The largest absolute Gasteiger partial charge is 0.329 e. The van der Waals surface area contributed by atoms with Gasteiger partial charge in [0.2, 0.25) is 0 Å². The standard InChI is InChI=1S/C14H19BrN2/c1-10-8-11(6-7-13(10)15)14(9-16)17-12-4-2-3-5-12/h2-3,6-8,12,14,17H,4-5,9,16H2,1H3. The Morgan fingerprint density at radius 1 is 1.41 bits per heavy atom. The molecule has 2 nitrogen and oxygen atoms in total. The number of hydrogen-bond donors (Lipinski definition) is 2. The van der Waals surface area contributed by atoms with Crippen molar-refractivity contribution in [3.05, 3.63) is 46.0 Å². The highest BCUT2D eigenvalue weighted by Gasteiger charge is 2.16. The molecule has 2 rings (SSSR count). The summed E-state index contributed by atoms with van der Waals surface area (Å²) in [5.41, 5.74) is 8.41. The van der Waals surface area contributed by atoms with Crippen molar-refractivity contribution >= 4 is 15.9 Å². The van der Waals surface area contributed by atoms with Gasteiger partial charge in [0, 0.05) is 23.1 Å². The quantitative estimate of drug-likeness (QED) is 0.838. The molecule has 0 heterocycles. The second kappa shape index (κ2) is 5.80. The van der Waals surface area contributed by atoms with Crippen LogP contribution >= 0.6 is 15.9 Å². The SMILES string of the molecule is Cc1cc(C(CN)NC2CC=CC2)ccc1Br. The van der Waals surface area contributed by atoms with Crippen molar-refractivity contribution in [1.82, 2.24) is 5.32 Å². The summed E-state index contributed by atoms with van der Waals surface area (Å²) in [6.07, 6.45) is 6.70. The predicted molar refractivity (Wildman–Crippen MR) is 76.0 cm³/mol. The van der Waals surface area contributed by atoms with Crippen molar-refractivity contribution in [3.8, 4) is 0 Å². The molecular formula is C14H19BrN2. The maximum atomic E-state index is 5.88. The first kappa shape index (κ1) is 12.8. The van der Waals surface area contributed by atoms with Gasteiger partial charge in [-0.2, -0.15) is 0 Å². The molecule has 0 amide bonds. The maximum absolute atomic E-state index is 5.88. The average Bonchev–Trinajstić information content (AvgIpc) is 2.82. The Kier molecular flexibility index (Phi) is 4.37. The van der Waals surface area contributed by atoms with Crippen molar-refractivity contribution in [2.24, 2.45) is 5.73 Å². The zero-order valence-electron chi connectivity index (χ0n) is 10.1. The number of halogens is 1. The summed E-state index contributed by atoms with van der Waals surface area (Å²) < 4.78 is 1.15. The van der Waals surface area contributed by atoms with Gasteiger partial charge in [-0.15, -0.1) is 0 Å². The first-order chi connectivity index (χ1) is 8.20. The Bertz CT molecular complexity index is 407. The van der Waals surface area contributed by atoms with E-state index in [1.807, 2.05) is 0 Å². The van der Waals surface area contributed by atoms with Crippen LogP contribution in [-0.2, 0) is 0 Å². The van der Waals surface area contributed by atoms with Gasteiger partial charge in [0.1, 0.15) is 0 Å². The molecule has 0 fully saturated rings. The van der Waals surface area contributed by atoms with Gasteiger partial charge in [-0.1, -0.05) is 40.2 Å². The van der Waals surface area contributed by atoms with Crippen molar-refractivity contribution in [3.63, 3.8) is 0 Å². The molecular weight excluding hydrogens is 276 g/mol. The Hall–Kier alpha value is -0.640. The first-order valence-corrected chi connectivity index (χ1v) is 6.87. The molecule has 17 heavy (non-hydrogen) atoms. The predicted octanol–water partition coefficient (Wildman–Crippen LogP) is 3.07. The Morgan fingerprint density at radius 3 is 2.71 bits per heavy atom. The molecule has 3 heteroatoms. The minimum absolute atomic E-state index is 0.256. The lowest BCUT2D eigenvalue weighted by atomic mass is 10.0. The fourth-order valence-electron chi connectivity index (χ4n) is 2.22. The number of nitrogens with two attached hydrogens (primary N) is 1. The summed E-state index contributed by atoms with van der Waals surface area (Å²) in [5, 5.41) is 3.63. The van der Waals surface area contributed by atoms with E-state index in [-0.39, 0.29) is 6.04 Å². The third-order valence-corrected chi connectivity index (χ3v) is 4.15. The van der Waals surface area contributed by atoms with E-state index in [9.17, 15) is 0 Å². The van der Waals surface area contributed by atoms with E-state index in [1.165, 1.54) is 11.1 Å². The summed E-state index contributed by atoms with van der Waals surface area (Å²) in [5.74, 6) is 0. The minimum Gasteiger partial charge on any atom is -0.329 e. The molecule has 1 aromatic carbocycles. The van der Waals surface area contributed by atoms with Crippen molar-refractivity contribution in [2.75, 3.05) is 6.54 Å². The summed E-state index contributed by atoms with van der Waals surface area (Å²) in [6.45, 7) is 2.75. The van der Waals surface area contributed by atoms with Crippen LogP contribution in [0.3, 0.4) is 0 Å². The van der Waals surface area contributed by atoms with Gasteiger partial charge in [-0.05, 0) is 37.0 Å². The molecule has 1 unspecified atom stereocenters. The fraction of sp³-hybridized carbons (Fsp3) is 0.429. The van der Waals surface area contributed by atoms with Gasteiger partial charge in [0.25, 0.3) is 0 Å². The lowest BCUT2D eigenvalue weighted by Crippen LogP contribution is -2.35. The molecule has 92 valence electrons. The minimum atomic E-state index is 0.256. The van der Waals surface area contributed by atoms with Crippen LogP contribution in [0.5, 0.6) is 0 Å². The van der Waals surface area contributed by atoms with E-state index >= 15 is 0 Å². The summed E-state index contributed by atoms with van der Waals surface area (Å²) in [7, 11) is 0. The maximum Gasteiger partial charge on any atom is 0.0446 e. The van der Waals surface area contributed by atoms with Crippen LogP contribution in [0, 0.1) is 6.92 Å². The zero-order chi connectivity index (χ0) is 12.3. The summed E-state index contributed by atoms with van der Waals surface area (Å²) >= 11 is 3.53. The number of aryl methyl sites for hydroxylation is 1. The molecule has 1 aromatic rings. The number of benzene rings is 1. The molecule has 0 saturated heterocycles.